The Balaban J connectivity index is 1.79. The van der Waals surface area contributed by atoms with Crippen molar-refractivity contribution in [2.75, 3.05) is 10.6 Å². The van der Waals surface area contributed by atoms with Crippen LogP contribution in [-0.4, -0.2) is 15.9 Å². The van der Waals surface area contributed by atoms with E-state index >= 15 is 0 Å². The summed E-state index contributed by atoms with van der Waals surface area (Å²) in [6.45, 7) is 3.69. The smallest absolute Gasteiger partial charge is 0.274 e. The highest BCUT2D eigenvalue weighted by atomic mass is 19.1. The Labute approximate surface area is 145 Å². The molecule has 2 N–H and O–H groups in total. The van der Waals surface area contributed by atoms with Crippen molar-refractivity contribution in [2.24, 2.45) is 0 Å². The van der Waals surface area contributed by atoms with Crippen molar-refractivity contribution in [1.29, 1.82) is 0 Å². The van der Waals surface area contributed by atoms with Crippen molar-refractivity contribution in [3.05, 3.63) is 77.5 Å². The number of anilines is 3. The van der Waals surface area contributed by atoms with Gasteiger partial charge in [0.05, 0.1) is 0 Å². The molecule has 5 nitrogen and oxygen atoms in total. The molecule has 1 aromatic heterocycles. The summed E-state index contributed by atoms with van der Waals surface area (Å²) in [6, 6.07) is 14.9. The maximum Gasteiger partial charge on any atom is 0.274 e. The van der Waals surface area contributed by atoms with Gasteiger partial charge in [-0.3, -0.25) is 4.79 Å². The monoisotopic (exact) mass is 336 g/mol. The van der Waals surface area contributed by atoms with E-state index in [-0.39, 0.29) is 17.4 Å². The molecule has 126 valence electrons. The molecule has 1 amide bonds. The Hall–Kier alpha value is -3.28. The third-order valence-electron chi connectivity index (χ3n) is 3.50. The predicted octanol–water partition coefficient (Wildman–Crippen LogP) is 4.23. The van der Waals surface area contributed by atoms with Crippen molar-refractivity contribution in [2.45, 2.75) is 13.8 Å². The number of rotatable bonds is 4. The number of nitrogens with zero attached hydrogens (tertiary/aromatic N) is 2. The third-order valence-corrected chi connectivity index (χ3v) is 3.50. The van der Waals surface area contributed by atoms with E-state index in [0.29, 0.717) is 23.0 Å². The minimum atomic E-state index is -0.323. The minimum absolute atomic E-state index is 0.248. The highest BCUT2D eigenvalue weighted by molar-refractivity contribution is 6.03. The molecule has 0 fully saturated rings. The number of aromatic nitrogens is 2. The Morgan fingerprint density at radius 2 is 1.56 bits per heavy atom. The van der Waals surface area contributed by atoms with Gasteiger partial charge in [0, 0.05) is 17.4 Å². The average Bonchev–Trinajstić information content (AvgIpc) is 2.58. The number of hydrogen-bond donors (Lipinski definition) is 2. The zero-order chi connectivity index (χ0) is 17.8. The van der Waals surface area contributed by atoms with Crippen LogP contribution in [0.4, 0.5) is 21.6 Å². The van der Waals surface area contributed by atoms with E-state index in [1.807, 2.05) is 31.2 Å². The van der Waals surface area contributed by atoms with E-state index in [1.54, 1.807) is 25.1 Å². The van der Waals surface area contributed by atoms with Gasteiger partial charge in [-0.15, -0.1) is 0 Å². The van der Waals surface area contributed by atoms with E-state index in [2.05, 4.69) is 20.6 Å². The molecule has 0 saturated heterocycles. The van der Waals surface area contributed by atoms with Gasteiger partial charge in [-0.1, -0.05) is 17.7 Å². The zero-order valence-corrected chi connectivity index (χ0v) is 13.9. The molecule has 2 aromatic carbocycles. The van der Waals surface area contributed by atoms with Crippen LogP contribution in [0, 0.1) is 19.7 Å². The highest BCUT2D eigenvalue weighted by Crippen LogP contribution is 2.17. The lowest BCUT2D eigenvalue weighted by atomic mass is 10.2. The van der Waals surface area contributed by atoms with Crippen LogP contribution in [0.5, 0.6) is 0 Å². The van der Waals surface area contributed by atoms with E-state index in [9.17, 15) is 9.18 Å². The van der Waals surface area contributed by atoms with Crippen LogP contribution in [0.2, 0.25) is 0 Å². The second-order valence-electron chi connectivity index (χ2n) is 5.64. The summed E-state index contributed by atoms with van der Waals surface area (Å²) in [4.78, 5) is 20.9. The maximum absolute atomic E-state index is 13.0. The fourth-order valence-electron chi connectivity index (χ4n) is 2.26. The van der Waals surface area contributed by atoms with Gasteiger partial charge in [0.2, 0.25) is 0 Å². The first kappa shape index (κ1) is 16.6. The number of aryl methyl sites for hydroxylation is 2. The van der Waals surface area contributed by atoms with Crippen LogP contribution in [-0.2, 0) is 0 Å². The number of hydrogen-bond acceptors (Lipinski definition) is 4. The molecule has 0 aliphatic heterocycles. The number of carbonyl (C=O) groups excluding carboxylic acids is 1. The second-order valence-corrected chi connectivity index (χ2v) is 5.64. The molecule has 0 radical (unpaired) electrons. The Kier molecular flexibility index (Phi) is 4.70. The number of benzene rings is 2. The summed E-state index contributed by atoms with van der Waals surface area (Å²) in [5.41, 5.74) is 2.73. The summed E-state index contributed by atoms with van der Waals surface area (Å²) < 4.78 is 13.0. The standard InChI is InChI=1S/C19H17FN4O/c1-12-3-7-16(8-4-12)24-19(25)17-11-18(22-13(2)21-17)23-15-9-5-14(20)6-10-15/h3-11H,1-2H3,(H,24,25)(H,21,22,23). The van der Waals surface area contributed by atoms with Crippen molar-refractivity contribution in [3.63, 3.8) is 0 Å². The van der Waals surface area contributed by atoms with Gasteiger partial charge in [-0.25, -0.2) is 14.4 Å². The summed E-state index contributed by atoms with van der Waals surface area (Å²) >= 11 is 0. The van der Waals surface area contributed by atoms with Gasteiger partial charge >= 0.3 is 0 Å². The highest BCUT2D eigenvalue weighted by Gasteiger charge is 2.11. The largest absolute Gasteiger partial charge is 0.340 e. The molecular weight excluding hydrogens is 319 g/mol. The average molecular weight is 336 g/mol. The van der Waals surface area contributed by atoms with Gasteiger partial charge in [-0.05, 0) is 50.2 Å². The van der Waals surface area contributed by atoms with Gasteiger partial charge in [0.25, 0.3) is 5.91 Å². The number of halogens is 1. The lowest BCUT2D eigenvalue weighted by Crippen LogP contribution is -2.15. The molecule has 25 heavy (non-hydrogen) atoms. The lowest BCUT2D eigenvalue weighted by Gasteiger charge is -2.09. The van der Waals surface area contributed by atoms with Gasteiger partial charge < -0.3 is 10.6 Å². The normalized spacial score (nSPS) is 10.4. The number of amides is 1. The van der Waals surface area contributed by atoms with Gasteiger partial charge in [0.15, 0.2) is 0 Å². The molecule has 0 atom stereocenters. The van der Waals surface area contributed by atoms with Gasteiger partial charge in [0.1, 0.15) is 23.2 Å². The molecule has 1 heterocycles. The Morgan fingerprint density at radius 1 is 0.920 bits per heavy atom. The van der Waals surface area contributed by atoms with Crippen LogP contribution in [0.15, 0.2) is 54.6 Å². The van der Waals surface area contributed by atoms with Crippen LogP contribution in [0.1, 0.15) is 21.9 Å². The van der Waals surface area contributed by atoms with Crippen molar-refractivity contribution < 1.29 is 9.18 Å². The minimum Gasteiger partial charge on any atom is -0.340 e. The van der Waals surface area contributed by atoms with E-state index in [1.165, 1.54) is 12.1 Å². The molecule has 0 aliphatic carbocycles. The van der Waals surface area contributed by atoms with E-state index < -0.39 is 0 Å². The fraction of sp³-hybridized carbons (Fsp3) is 0.105. The predicted molar refractivity (Wildman–Crippen MR) is 95.6 cm³/mol. The molecule has 0 saturated carbocycles. The van der Waals surface area contributed by atoms with Crippen molar-refractivity contribution in [3.8, 4) is 0 Å². The third kappa shape index (κ3) is 4.38. The first-order valence-corrected chi connectivity index (χ1v) is 7.76. The van der Waals surface area contributed by atoms with Crippen LogP contribution in [0.3, 0.4) is 0 Å². The first-order valence-electron chi connectivity index (χ1n) is 7.76. The van der Waals surface area contributed by atoms with E-state index in [4.69, 9.17) is 0 Å². The molecule has 0 aliphatic rings. The summed E-state index contributed by atoms with van der Waals surface area (Å²) in [5, 5.41) is 5.85. The van der Waals surface area contributed by atoms with Crippen molar-refractivity contribution in [1.82, 2.24) is 9.97 Å². The maximum atomic E-state index is 13.0. The van der Waals surface area contributed by atoms with Crippen LogP contribution in [0.25, 0.3) is 0 Å². The summed E-state index contributed by atoms with van der Waals surface area (Å²) in [5.74, 6) is 0.286. The summed E-state index contributed by atoms with van der Waals surface area (Å²) in [7, 11) is 0. The van der Waals surface area contributed by atoms with Crippen LogP contribution < -0.4 is 10.6 Å². The SMILES string of the molecule is Cc1ccc(NC(=O)c2cc(Nc3ccc(F)cc3)nc(C)n2)cc1. The van der Waals surface area contributed by atoms with Crippen LogP contribution >= 0.6 is 0 Å². The number of nitrogens with one attached hydrogen (secondary N) is 2. The Morgan fingerprint density at radius 3 is 2.24 bits per heavy atom. The molecule has 0 bridgehead atoms. The molecule has 3 aromatic rings. The van der Waals surface area contributed by atoms with E-state index in [0.717, 1.165) is 5.56 Å². The number of carbonyl (C=O) groups is 1. The molecule has 0 spiro atoms. The molecule has 3 rings (SSSR count). The first-order chi connectivity index (χ1) is 12.0. The van der Waals surface area contributed by atoms with Gasteiger partial charge in [-0.2, -0.15) is 0 Å². The topological polar surface area (TPSA) is 66.9 Å². The summed E-state index contributed by atoms with van der Waals surface area (Å²) in [6.07, 6.45) is 0. The lowest BCUT2D eigenvalue weighted by molar-refractivity contribution is 0.102. The second kappa shape index (κ2) is 7.09. The molecule has 0 unspecified atom stereocenters. The fourth-order valence-corrected chi connectivity index (χ4v) is 2.26. The zero-order valence-electron chi connectivity index (χ0n) is 13.9. The quantitative estimate of drug-likeness (QED) is 0.748. The van der Waals surface area contributed by atoms with Crippen molar-refractivity contribution >= 4 is 23.1 Å². The molecular formula is C19H17FN4O. The Bertz CT molecular complexity index is 892. The molecule has 6 heteroatoms.